The Morgan fingerprint density at radius 1 is 1.43 bits per heavy atom. The van der Waals surface area contributed by atoms with Gasteiger partial charge in [-0.2, -0.15) is 5.10 Å². The summed E-state index contributed by atoms with van der Waals surface area (Å²) in [6.07, 6.45) is 5.54. The highest BCUT2D eigenvalue weighted by molar-refractivity contribution is 7.09. The lowest BCUT2D eigenvalue weighted by Gasteiger charge is -2.27. The smallest absolute Gasteiger partial charge is 0.257 e. The lowest BCUT2D eigenvalue weighted by molar-refractivity contribution is 0.0783. The number of carbonyl (C=O) groups is 1. The minimum atomic E-state index is 0.0342. The molecule has 2 aromatic heterocycles. The van der Waals surface area contributed by atoms with Gasteiger partial charge in [-0.1, -0.05) is 0 Å². The van der Waals surface area contributed by atoms with Gasteiger partial charge in [0, 0.05) is 31.7 Å². The van der Waals surface area contributed by atoms with Crippen molar-refractivity contribution in [1.82, 2.24) is 24.6 Å². The van der Waals surface area contributed by atoms with Crippen LogP contribution in [0, 0.1) is 5.92 Å². The van der Waals surface area contributed by atoms with Crippen LogP contribution in [0.4, 0.5) is 0 Å². The zero-order valence-electron chi connectivity index (χ0n) is 13.9. The highest BCUT2D eigenvalue weighted by Gasteiger charge is 2.27. The van der Waals surface area contributed by atoms with Gasteiger partial charge in [-0.3, -0.25) is 9.48 Å². The summed E-state index contributed by atoms with van der Waals surface area (Å²) in [5, 5.41) is 7.30. The monoisotopic (exact) mass is 333 g/mol. The van der Waals surface area contributed by atoms with E-state index in [0.717, 1.165) is 42.2 Å². The number of aromatic nitrogens is 3. The molecule has 3 heterocycles. The van der Waals surface area contributed by atoms with E-state index in [1.807, 2.05) is 17.1 Å². The molecule has 0 radical (unpaired) electrons. The maximum atomic E-state index is 12.8. The number of rotatable bonds is 5. The topological polar surface area (TPSA) is 54.3 Å². The Balaban J connectivity index is 1.74. The zero-order valence-corrected chi connectivity index (χ0v) is 14.7. The minimum Gasteiger partial charge on any atom is -0.335 e. The maximum Gasteiger partial charge on any atom is 0.257 e. The van der Waals surface area contributed by atoms with Crippen molar-refractivity contribution >= 4 is 17.2 Å². The van der Waals surface area contributed by atoms with E-state index >= 15 is 0 Å². The number of amides is 1. The quantitative estimate of drug-likeness (QED) is 0.836. The molecule has 0 saturated carbocycles. The van der Waals surface area contributed by atoms with Crippen LogP contribution in [0.1, 0.15) is 27.5 Å². The van der Waals surface area contributed by atoms with Gasteiger partial charge in [0.2, 0.25) is 0 Å². The van der Waals surface area contributed by atoms with E-state index < -0.39 is 0 Å². The predicted molar refractivity (Wildman–Crippen MR) is 90.5 cm³/mol. The molecule has 0 bridgehead atoms. The highest BCUT2D eigenvalue weighted by atomic mass is 32.1. The first-order valence-corrected chi connectivity index (χ1v) is 8.76. The summed E-state index contributed by atoms with van der Waals surface area (Å²) < 4.78 is 2.00. The van der Waals surface area contributed by atoms with Crippen molar-refractivity contribution in [2.24, 2.45) is 5.92 Å². The molecule has 0 N–H and O–H groups in total. The fourth-order valence-corrected chi connectivity index (χ4v) is 3.83. The molecule has 0 saturated heterocycles. The van der Waals surface area contributed by atoms with Gasteiger partial charge in [0.15, 0.2) is 0 Å². The predicted octanol–water partition coefficient (Wildman–Crippen LogP) is 1.74. The van der Waals surface area contributed by atoms with Crippen LogP contribution in [-0.4, -0.2) is 58.2 Å². The fourth-order valence-electron chi connectivity index (χ4n) is 3.16. The Labute approximate surface area is 140 Å². The van der Waals surface area contributed by atoms with Crippen molar-refractivity contribution in [3.8, 4) is 0 Å². The molecule has 1 amide bonds. The third kappa shape index (κ3) is 3.61. The normalized spacial score (nSPS) is 17.3. The van der Waals surface area contributed by atoms with Crippen molar-refractivity contribution < 1.29 is 4.79 Å². The van der Waals surface area contributed by atoms with Gasteiger partial charge in [-0.15, -0.1) is 11.3 Å². The summed E-state index contributed by atoms with van der Waals surface area (Å²) in [4.78, 5) is 21.0. The van der Waals surface area contributed by atoms with E-state index in [0.29, 0.717) is 12.5 Å². The largest absolute Gasteiger partial charge is 0.335 e. The van der Waals surface area contributed by atoms with Crippen molar-refractivity contribution in [2.75, 3.05) is 27.7 Å². The van der Waals surface area contributed by atoms with E-state index in [4.69, 9.17) is 0 Å². The zero-order chi connectivity index (χ0) is 16.4. The second-order valence-electron chi connectivity index (χ2n) is 6.44. The number of thiazole rings is 1. The first kappa shape index (κ1) is 16.1. The van der Waals surface area contributed by atoms with Crippen LogP contribution >= 0.6 is 11.3 Å². The van der Waals surface area contributed by atoms with Crippen molar-refractivity contribution in [3.05, 3.63) is 34.0 Å². The van der Waals surface area contributed by atoms with Crippen LogP contribution in [0.25, 0.3) is 0 Å². The van der Waals surface area contributed by atoms with E-state index in [2.05, 4.69) is 29.1 Å². The van der Waals surface area contributed by atoms with Crippen LogP contribution in [0.5, 0.6) is 0 Å². The third-order valence-corrected chi connectivity index (χ3v) is 5.00. The SMILES string of the molecule is CN(C)CC1CCn2ncc(C(=O)N(C)Cc3nccs3)c2C1. The summed E-state index contributed by atoms with van der Waals surface area (Å²) >= 11 is 1.57. The van der Waals surface area contributed by atoms with Crippen LogP contribution in [0.15, 0.2) is 17.8 Å². The van der Waals surface area contributed by atoms with E-state index in [9.17, 15) is 4.79 Å². The van der Waals surface area contributed by atoms with Crippen LogP contribution < -0.4 is 0 Å². The number of aryl methyl sites for hydroxylation is 1. The van der Waals surface area contributed by atoms with Gasteiger partial charge < -0.3 is 9.80 Å². The Kier molecular flexibility index (Phi) is 4.77. The summed E-state index contributed by atoms with van der Waals surface area (Å²) in [7, 11) is 6.02. The summed E-state index contributed by atoms with van der Waals surface area (Å²) in [5.41, 5.74) is 1.83. The van der Waals surface area contributed by atoms with Crippen molar-refractivity contribution in [1.29, 1.82) is 0 Å². The average molecular weight is 333 g/mol. The molecular formula is C16H23N5OS. The van der Waals surface area contributed by atoms with Gasteiger partial charge in [0.1, 0.15) is 5.01 Å². The molecule has 124 valence electrons. The first-order chi connectivity index (χ1) is 11.0. The molecule has 3 rings (SSSR count). The Morgan fingerprint density at radius 3 is 2.96 bits per heavy atom. The highest BCUT2D eigenvalue weighted by Crippen LogP contribution is 2.24. The molecule has 2 aromatic rings. The molecular weight excluding hydrogens is 310 g/mol. The molecule has 6 nitrogen and oxygen atoms in total. The molecule has 1 unspecified atom stereocenters. The lowest BCUT2D eigenvalue weighted by atomic mass is 9.94. The molecule has 1 atom stereocenters. The van der Waals surface area contributed by atoms with Gasteiger partial charge in [0.25, 0.3) is 5.91 Å². The molecule has 0 spiro atoms. The lowest BCUT2D eigenvalue weighted by Crippen LogP contribution is -2.31. The van der Waals surface area contributed by atoms with E-state index in [1.54, 1.807) is 28.6 Å². The maximum absolute atomic E-state index is 12.8. The fraction of sp³-hybridized carbons (Fsp3) is 0.562. The molecule has 1 aliphatic rings. The summed E-state index contributed by atoms with van der Waals surface area (Å²) in [6.45, 7) is 2.49. The molecule has 0 fully saturated rings. The second-order valence-corrected chi connectivity index (χ2v) is 7.42. The summed E-state index contributed by atoms with van der Waals surface area (Å²) in [5.74, 6) is 0.622. The van der Waals surface area contributed by atoms with Crippen LogP contribution in [0.2, 0.25) is 0 Å². The minimum absolute atomic E-state index is 0.0342. The van der Waals surface area contributed by atoms with E-state index in [-0.39, 0.29) is 5.91 Å². The molecule has 0 aromatic carbocycles. The van der Waals surface area contributed by atoms with Gasteiger partial charge in [-0.25, -0.2) is 4.98 Å². The molecule has 0 aliphatic carbocycles. The number of hydrogen-bond donors (Lipinski definition) is 0. The third-order valence-electron chi connectivity index (χ3n) is 4.24. The number of fused-ring (bicyclic) bond motifs is 1. The molecule has 7 heteroatoms. The van der Waals surface area contributed by atoms with Crippen molar-refractivity contribution in [3.63, 3.8) is 0 Å². The number of nitrogens with zero attached hydrogens (tertiary/aromatic N) is 5. The summed E-state index contributed by atoms with van der Waals surface area (Å²) in [6, 6.07) is 0. The number of carbonyl (C=O) groups excluding carboxylic acids is 1. The van der Waals surface area contributed by atoms with Crippen LogP contribution in [0.3, 0.4) is 0 Å². The Morgan fingerprint density at radius 2 is 2.26 bits per heavy atom. The number of hydrogen-bond acceptors (Lipinski definition) is 5. The first-order valence-electron chi connectivity index (χ1n) is 7.88. The molecule has 23 heavy (non-hydrogen) atoms. The molecule has 1 aliphatic heterocycles. The van der Waals surface area contributed by atoms with Gasteiger partial charge in [0.05, 0.1) is 24.0 Å². The standard InChI is InChI=1S/C16H23N5OS/c1-19(2)10-12-4-6-21-14(8-12)13(9-18-21)16(22)20(3)11-15-17-5-7-23-15/h5,7,9,12H,4,6,8,10-11H2,1-3H3. The van der Waals surface area contributed by atoms with Gasteiger partial charge in [-0.05, 0) is 32.9 Å². The van der Waals surface area contributed by atoms with Gasteiger partial charge >= 0.3 is 0 Å². The Bertz CT molecular complexity index is 664. The Hall–Kier alpha value is -1.73. The average Bonchev–Trinajstić information content (AvgIpc) is 3.14. The van der Waals surface area contributed by atoms with Crippen LogP contribution in [-0.2, 0) is 19.5 Å². The van der Waals surface area contributed by atoms with E-state index in [1.165, 1.54) is 0 Å². The van der Waals surface area contributed by atoms with Crippen molar-refractivity contribution in [2.45, 2.75) is 25.9 Å². The second kappa shape index (κ2) is 6.80.